The van der Waals surface area contributed by atoms with Crippen molar-refractivity contribution in [3.8, 4) is 11.5 Å². The minimum atomic E-state index is -5.11. The number of benzene rings is 3. The zero-order valence-electron chi connectivity index (χ0n) is 20.8. The summed E-state index contributed by atoms with van der Waals surface area (Å²) in [5.74, 6) is -3.25. The molecule has 0 spiro atoms. The van der Waals surface area contributed by atoms with Gasteiger partial charge in [-0.1, -0.05) is 42.5 Å². The summed E-state index contributed by atoms with van der Waals surface area (Å²) < 4.78 is 152. The Balaban J connectivity index is 2.24. The van der Waals surface area contributed by atoms with E-state index >= 15 is 0 Å². The molecule has 0 saturated heterocycles. The van der Waals surface area contributed by atoms with E-state index in [4.69, 9.17) is 0 Å². The second kappa shape index (κ2) is 12.3. The number of hydrogen-bond acceptors (Lipinski definition) is 3. The maximum absolute atomic E-state index is 14.7. The molecule has 0 heterocycles. The highest BCUT2D eigenvalue weighted by molar-refractivity contribution is 5.76. The van der Waals surface area contributed by atoms with Gasteiger partial charge in [0.05, 0.1) is 5.54 Å². The van der Waals surface area contributed by atoms with Gasteiger partial charge in [-0.05, 0) is 41.0 Å². The Morgan fingerprint density at radius 2 is 1.38 bits per heavy atom. The average molecular weight is 616 g/mol. The summed E-state index contributed by atoms with van der Waals surface area (Å²) >= 11 is 0. The van der Waals surface area contributed by atoms with E-state index in [9.17, 15) is 53.1 Å². The van der Waals surface area contributed by atoms with Crippen LogP contribution < -0.4 is 20.1 Å². The molecule has 2 amide bonds. The van der Waals surface area contributed by atoms with Crippen molar-refractivity contribution in [2.24, 2.45) is 0 Å². The SMILES string of the molecule is O=C(NCC(F)(F)F)NC(Cc1ccccc1)(c1ccc(OC(F)(F)F)cc1)c1cc(F)cc(OC(F)(F)C(F)F)c1. The highest BCUT2D eigenvalue weighted by atomic mass is 19.4. The number of ether oxygens (including phenoxy) is 2. The van der Waals surface area contributed by atoms with Crippen LogP contribution in [0.3, 0.4) is 0 Å². The largest absolute Gasteiger partial charge is 0.573 e. The van der Waals surface area contributed by atoms with E-state index < -0.39 is 72.5 Å². The fraction of sp³-hybridized carbons (Fsp3) is 0.269. The first-order chi connectivity index (χ1) is 19.4. The maximum Gasteiger partial charge on any atom is 0.573 e. The molecule has 2 N–H and O–H groups in total. The van der Waals surface area contributed by atoms with Gasteiger partial charge in [0.15, 0.2) is 0 Å². The minimum absolute atomic E-state index is 0.194. The second-order valence-electron chi connectivity index (χ2n) is 8.70. The fourth-order valence-electron chi connectivity index (χ4n) is 3.89. The van der Waals surface area contributed by atoms with Gasteiger partial charge >= 0.3 is 31.1 Å². The van der Waals surface area contributed by atoms with Crippen molar-refractivity contribution < 1.29 is 62.6 Å². The van der Waals surface area contributed by atoms with Crippen molar-refractivity contribution in [3.05, 3.63) is 95.3 Å². The number of rotatable bonds is 10. The van der Waals surface area contributed by atoms with Gasteiger partial charge in [-0.2, -0.15) is 30.7 Å². The Hall–Kier alpha value is -4.24. The van der Waals surface area contributed by atoms with Gasteiger partial charge in [0.1, 0.15) is 23.9 Å². The fourth-order valence-corrected chi connectivity index (χ4v) is 3.89. The monoisotopic (exact) mass is 616 g/mol. The van der Waals surface area contributed by atoms with Crippen LogP contribution in [0.1, 0.15) is 16.7 Å². The van der Waals surface area contributed by atoms with Crippen LogP contribution in [-0.4, -0.2) is 37.6 Å². The number of carbonyl (C=O) groups is 1. The molecule has 0 aliphatic heterocycles. The van der Waals surface area contributed by atoms with Crippen molar-refractivity contribution in [2.45, 2.75) is 37.0 Å². The van der Waals surface area contributed by atoms with Gasteiger partial charge in [-0.3, -0.25) is 0 Å². The zero-order valence-corrected chi connectivity index (χ0v) is 20.8. The third-order valence-electron chi connectivity index (χ3n) is 5.54. The van der Waals surface area contributed by atoms with E-state index in [1.54, 1.807) is 6.07 Å². The molecule has 0 saturated carbocycles. The van der Waals surface area contributed by atoms with Crippen LogP contribution >= 0.6 is 0 Å². The summed E-state index contributed by atoms with van der Waals surface area (Å²) in [5.41, 5.74) is -2.60. The number of hydrogen-bond donors (Lipinski definition) is 2. The lowest BCUT2D eigenvalue weighted by molar-refractivity contribution is -0.274. The third-order valence-corrected chi connectivity index (χ3v) is 5.54. The van der Waals surface area contributed by atoms with Crippen LogP contribution in [0.25, 0.3) is 0 Å². The highest BCUT2D eigenvalue weighted by Crippen LogP contribution is 2.38. The lowest BCUT2D eigenvalue weighted by Crippen LogP contribution is -2.53. The predicted molar refractivity (Wildman–Crippen MR) is 125 cm³/mol. The maximum atomic E-state index is 14.7. The van der Waals surface area contributed by atoms with Gasteiger partial charge in [-0.25, -0.2) is 9.18 Å². The number of nitrogens with one attached hydrogen (secondary N) is 2. The first-order valence-corrected chi connectivity index (χ1v) is 11.6. The molecule has 5 nitrogen and oxygen atoms in total. The van der Waals surface area contributed by atoms with E-state index in [1.165, 1.54) is 29.6 Å². The topological polar surface area (TPSA) is 59.6 Å². The van der Waals surface area contributed by atoms with Crippen molar-refractivity contribution in [2.75, 3.05) is 6.54 Å². The molecule has 0 aliphatic carbocycles. The molecule has 1 unspecified atom stereocenters. The average Bonchev–Trinajstić information content (AvgIpc) is 2.86. The summed E-state index contributed by atoms with van der Waals surface area (Å²) in [6, 6.07) is 11.1. The summed E-state index contributed by atoms with van der Waals surface area (Å²) in [6.07, 6.45) is -19.9. The number of alkyl halides is 10. The molecule has 0 radical (unpaired) electrons. The van der Waals surface area contributed by atoms with E-state index in [0.29, 0.717) is 23.8 Å². The van der Waals surface area contributed by atoms with Crippen LogP contribution in [-0.2, 0) is 12.0 Å². The van der Waals surface area contributed by atoms with E-state index in [2.05, 4.69) is 14.8 Å². The number of carbonyl (C=O) groups excluding carboxylic acids is 1. The van der Waals surface area contributed by atoms with Gasteiger partial charge in [-0.15, -0.1) is 13.2 Å². The summed E-state index contributed by atoms with van der Waals surface area (Å²) in [5, 5.41) is 3.76. The van der Waals surface area contributed by atoms with Crippen LogP contribution in [0, 0.1) is 5.82 Å². The Kier molecular flexibility index (Phi) is 9.47. The van der Waals surface area contributed by atoms with Gasteiger partial charge in [0.2, 0.25) is 0 Å². The first kappa shape index (κ1) is 32.3. The molecular formula is C26H19F11N2O3. The van der Waals surface area contributed by atoms with Crippen molar-refractivity contribution in [1.29, 1.82) is 0 Å². The number of halogens is 11. The lowest BCUT2D eigenvalue weighted by Gasteiger charge is -2.37. The predicted octanol–water partition coefficient (Wildman–Crippen LogP) is 7.31. The lowest BCUT2D eigenvalue weighted by atomic mass is 9.77. The van der Waals surface area contributed by atoms with E-state index in [-0.39, 0.29) is 5.56 Å². The van der Waals surface area contributed by atoms with Crippen LogP contribution in [0.2, 0.25) is 0 Å². The molecule has 16 heteroatoms. The third kappa shape index (κ3) is 8.88. The smallest absolute Gasteiger partial charge is 0.428 e. The Morgan fingerprint density at radius 1 is 0.762 bits per heavy atom. The van der Waals surface area contributed by atoms with E-state index in [0.717, 1.165) is 24.3 Å². The second-order valence-corrected chi connectivity index (χ2v) is 8.70. The van der Waals surface area contributed by atoms with Gasteiger partial charge < -0.3 is 20.1 Å². The molecular weight excluding hydrogens is 597 g/mol. The Labute approximate surface area is 230 Å². The number of urea groups is 1. The summed E-state index contributed by atoms with van der Waals surface area (Å²) in [6.45, 7) is -1.84. The highest BCUT2D eigenvalue weighted by Gasteiger charge is 2.45. The van der Waals surface area contributed by atoms with Crippen LogP contribution in [0.15, 0.2) is 72.8 Å². The van der Waals surface area contributed by atoms with Crippen LogP contribution in [0.4, 0.5) is 53.1 Å². The summed E-state index contributed by atoms with van der Waals surface area (Å²) in [4.78, 5) is 12.7. The van der Waals surface area contributed by atoms with Crippen molar-refractivity contribution in [3.63, 3.8) is 0 Å². The van der Waals surface area contributed by atoms with Crippen molar-refractivity contribution in [1.82, 2.24) is 10.6 Å². The Bertz CT molecular complexity index is 1350. The molecule has 3 aromatic carbocycles. The van der Waals surface area contributed by atoms with E-state index in [1.807, 2.05) is 0 Å². The normalized spacial score (nSPS) is 13.8. The molecule has 1 atom stereocenters. The molecule has 3 aromatic rings. The molecule has 0 aliphatic rings. The number of amides is 2. The molecule has 0 fully saturated rings. The molecule has 3 rings (SSSR count). The molecule has 42 heavy (non-hydrogen) atoms. The first-order valence-electron chi connectivity index (χ1n) is 11.6. The van der Waals surface area contributed by atoms with Crippen LogP contribution in [0.5, 0.6) is 11.5 Å². The van der Waals surface area contributed by atoms with Gasteiger partial charge in [0, 0.05) is 12.5 Å². The minimum Gasteiger partial charge on any atom is -0.428 e. The standard InChI is InChI=1S/C26H19F11N2O3/c27-18-10-17(11-20(12-18)41-25(33,34)21(28)29)23(13-15-4-2-1-3-5-15,39-22(40)38-14-24(30,31)32)16-6-8-19(9-7-16)42-26(35,36)37/h1-12,21H,13-14H2,(H2,38,39,40). The zero-order chi connectivity index (χ0) is 31.3. The van der Waals surface area contributed by atoms with Crippen molar-refractivity contribution >= 4 is 6.03 Å². The quantitative estimate of drug-likeness (QED) is 0.235. The summed E-state index contributed by atoms with van der Waals surface area (Å²) in [7, 11) is 0. The Morgan fingerprint density at radius 3 is 1.93 bits per heavy atom. The molecule has 0 aromatic heterocycles. The molecule has 0 bridgehead atoms. The van der Waals surface area contributed by atoms with Gasteiger partial charge in [0.25, 0.3) is 0 Å². The molecule has 228 valence electrons.